The van der Waals surface area contributed by atoms with Crippen molar-refractivity contribution in [1.29, 1.82) is 0 Å². The molecule has 2 fully saturated rings. The second kappa shape index (κ2) is 6.15. The lowest BCUT2D eigenvalue weighted by Crippen LogP contribution is -2.40. The van der Waals surface area contributed by atoms with Crippen LogP contribution in [0.15, 0.2) is 22.7 Å². The van der Waals surface area contributed by atoms with Crippen molar-refractivity contribution in [1.82, 2.24) is 5.32 Å². The summed E-state index contributed by atoms with van der Waals surface area (Å²) in [6.45, 7) is 3.19. The molecule has 0 heterocycles. The molecule has 2 aliphatic carbocycles. The lowest BCUT2D eigenvalue weighted by Gasteiger charge is -2.31. The van der Waals surface area contributed by atoms with Gasteiger partial charge in [0.25, 0.3) is 0 Å². The fourth-order valence-corrected chi connectivity index (χ4v) is 4.86. The Hall–Kier alpha value is -0.410. The monoisotopic (exact) mass is 339 g/mol. The van der Waals surface area contributed by atoms with Gasteiger partial charge in [0.2, 0.25) is 0 Å². The summed E-state index contributed by atoms with van der Waals surface area (Å²) in [6, 6.07) is 5.62. The lowest BCUT2D eigenvalue weighted by molar-refractivity contribution is 0.249. The number of hydrogen-bond acceptors (Lipinski definition) is 1. The van der Waals surface area contributed by atoms with Gasteiger partial charge in [-0.25, -0.2) is 4.39 Å². The summed E-state index contributed by atoms with van der Waals surface area (Å²) in [6.07, 6.45) is 6.70. The molecule has 4 atom stereocenters. The van der Waals surface area contributed by atoms with Gasteiger partial charge in [-0.2, -0.15) is 0 Å². The molecular weight excluding hydrogens is 317 g/mol. The largest absolute Gasteiger partial charge is 0.314 e. The molecule has 1 N–H and O–H groups in total. The summed E-state index contributed by atoms with van der Waals surface area (Å²) in [5.74, 6) is 2.54. The predicted molar refractivity (Wildman–Crippen MR) is 84.2 cm³/mol. The SMILES string of the molecule is CCNC(Cc1ccc(F)cc1Br)C1CC2CCC1C2. The zero-order chi connectivity index (χ0) is 14.1. The molecule has 0 aromatic heterocycles. The van der Waals surface area contributed by atoms with Crippen molar-refractivity contribution >= 4 is 15.9 Å². The minimum Gasteiger partial charge on any atom is -0.314 e. The topological polar surface area (TPSA) is 12.0 Å². The van der Waals surface area contributed by atoms with Crippen LogP contribution < -0.4 is 5.32 Å². The molecule has 2 bridgehead atoms. The number of likely N-dealkylation sites (N-methyl/N-ethyl adjacent to an activating group) is 1. The van der Waals surface area contributed by atoms with E-state index in [2.05, 4.69) is 28.2 Å². The average Bonchev–Trinajstić information content (AvgIpc) is 3.03. The lowest BCUT2D eigenvalue weighted by atomic mass is 9.81. The van der Waals surface area contributed by atoms with Gasteiger partial charge in [-0.3, -0.25) is 0 Å². The number of benzene rings is 1. The van der Waals surface area contributed by atoms with Crippen LogP contribution in [-0.2, 0) is 6.42 Å². The third-order valence-corrected chi connectivity index (χ3v) is 5.97. The van der Waals surface area contributed by atoms with Crippen LogP contribution in [-0.4, -0.2) is 12.6 Å². The molecule has 0 spiro atoms. The zero-order valence-corrected chi connectivity index (χ0v) is 13.6. The Bertz CT molecular complexity index is 476. The number of hydrogen-bond donors (Lipinski definition) is 1. The van der Waals surface area contributed by atoms with E-state index in [1.54, 1.807) is 12.1 Å². The van der Waals surface area contributed by atoms with Crippen molar-refractivity contribution < 1.29 is 4.39 Å². The molecule has 0 amide bonds. The Morgan fingerprint density at radius 2 is 2.20 bits per heavy atom. The number of nitrogens with one attached hydrogen (secondary N) is 1. The molecule has 2 aliphatic rings. The molecular formula is C17H23BrFN. The first-order valence-corrected chi connectivity index (χ1v) is 8.64. The second-order valence-electron chi connectivity index (χ2n) is 6.44. The molecule has 2 saturated carbocycles. The summed E-state index contributed by atoms with van der Waals surface area (Å²) < 4.78 is 14.1. The zero-order valence-electron chi connectivity index (χ0n) is 12.0. The summed E-state index contributed by atoms with van der Waals surface area (Å²) >= 11 is 3.51. The van der Waals surface area contributed by atoms with E-state index in [4.69, 9.17) is 0 Å². The molecule has 0 aliphatic heterocycles. The van der Waals surface area contributed by atoms with Gasteiger partial charge in [-0.1, -0.05) is 35.3 Å². The van der Waals surface area contributed by atoms with Crippen LogP contribution in [0.5, 0.6) is 0 Å². The Labute approximate surface area is 129 Å². The van der Waals surface area contributed by atoms with Crippen LogP contribution in [0.25, 0.3) is 0 Å². The van der Waals surface area contributed by atoms with Gasteiger partial charge >= 0.3 is 0 Å². The van der Waals surface area contributed by atoms with Crippen molar-refractivity contribution in [3.63, 3.8) is 0 Å². The third-order valence-electron chi connectivity index (χ3n) is 5.23. The summed E-state index contributed by atoms with van der Waals surface area (Å²) in [7, 11) is 0. The molecule has 1 aromatic rings. The Morgan fingerprint density at radius 3 is 2.80 bits per heavy atom. The first kappa shape index (κ1) is 14.5. The molecule has 110 valence electrons. The van der Waals surface area contributed by atoms with E-state index in [0.29, 0.717) is 6.04 Å². The average molecular weight is 340 g/mol. The Morgan fingerprint density at radius 1 is 1.35 bits per heavy atom. The number of halogens is 2. The van der Waals surface area contributed by atoms with Crippen molar-refractivity contribution in [2.45, 2.75) is 45.1 Å². The quantitative estimate of drug-likeness (QED) is 0.829. The summed E-state index contributed by atoms with van der Waals surface area (Å²) in [5.41, 5.74) is 1.22. The van der Waals surface area contributed by atoms with Gasteiger partial charge in [-0.15, -0.1) is 0 Å². The summed E-state index contributed by atoms with van der Waals surface area (Å²) in [5, 5.41) is 3.69. The van der Waals surface area contributed by atoms with Crippen molar-refractivity contribution in [3.05, 3.63) is 34.1 Å². The van der Waals surface area contributed by atoms with E-state index in [0.717, 1.165) is 35.2 Å². The maximum atomic E-state index is 13.2. The maximum absolute atomic E-state index is 13.2. The minimum atomic E-state index is -0.166. The number of fused-ring (bicyclic) bond motifs is 2. The summed E-state index contributed by atoms with van der Waals surface area (Å²) in [4.78, 5) is 0. The van der Waals surface area contributed by atoms with Crippen LogP contribution in [0.1, 0.15) is 38.2 Å². The predicted octanol–water partition coefficient (Wildman–Crippen LogP) is 4.55. The van der Waals surface area contributed by atoms with Gasteiger partial charge in [0.15, 0.2) is 0 Å². The molecule has 0 radical (unpaired) electrons. The van der Waals surface area contributed by atoms with E-state index in [1.165, 1.54) is 31.2 Å². The van der Waals surface area contributed by atoms with Crippen LogP contribution in [0.2, 0.25) is 0 Å². The highest BCUT2D eigenvalue weighted by atomic mass is 79.9. The van der Waals surface area contributed by atoms with E-state index < -0.39 is 0 Å². The van der Waals surface area contributed by atoms with Crippen LogP contribution in [0, 0.1) is 23.6 Å². The van der Waals surface area contributed by atoms with Gasteiger partial charge in [-0.05, 0) is 67.7 Å². The molecule has 1 aromatic carbocycles. The smallest absolute Gasteiger partial charge is 0.124 e. The van der Waals surface area contributed by atoms with Gasteiger partial charge in [0.05, 0.1) is 0 Å². The minimum absolute atomic E-state index is 0.166. The first-order chi connectivity index (χ1) is 9.67. The van der Waals surface area contributed by atoms with Gasteiger partial charge in [0, 0.05) is 10.5 Å². The van der Waals surface area contributed by atoms with Crippen molar-refractivity contribution in [3.8, 4) is 0 Å². The van der Waals surface area contributed by atoms with E-state index in [9.17, 15) is 4.39 Å². The highest BCUT2D eigenvalue weighted by Crippen LogP contribution is 2.50. The highest BCUT2D eigenvalue weighted by Gasteiger charge is 2.42. The van der Waals surface area contributed by atoms with E-state index in [1.807, 2.05) is 6.07 Å². The van der Waals surface area contributed by atoms with Crippen molar-refractivity contribution in [2.75, 3.05) is 6.54 Å². The molecule has 3 heteroatoms. The fourth-order valence-electron chi connectivity index (χ4n) is 4.35. The van der Waals surface area contributed by atoms with E-state index >= 15 is 0 Å². The Balaban J connectivity index is 1.74. The van der Waals surface area contributed by atoms with Crippen LogP contribution >= 0.6 is 15.9 Å². The van der Waals surface area contributed by atoms with E-state index in [-0.39, 0.29) is 5.82 Å². The third kappa shape index (κ3) is 2.94. The van der Waals surface area contributed by atoms with Gasteiger partial charge < -0.3 is 5.32 Å². The van der Waals surface area contributed by atoms with Crippen molar-refractivity contribution in [2.24, 2.45) is 17.8 Å². The molecule has 1 nitrogen and oxygen atoms in total. The van der Waals surface area contributed by atoms with Gasteiger partial charge in [0.1, 0.15) is 5.82 Å². The second-order valence-corrected chi connectivity index (χ2v) is 7.30. The van der Waals surface area contributed by atoms with Crippen LogP contribution in [0.3, 0.4) is 0 Å². The standard InChI is InChI=1S/C17H23BrFN/c1-2-20-17(15-8-11-3-4-12(15)7-11)9-13-5-6-14(19)10-16(13)18/h5-6,10-12,15,17,20H,2-4,7-9H2,1H3. The molecule has 4 unspecified atom stereocenters. The molecule has 0 saturated heterocycles. The Kier molecular flexibility index (Phi) is 4.46. The molecule has 20 heavy (non-hydrogen) atoms. The highest BCUT2D eigenvalue weighted by molar-refractivity contribution is 9.10. The molecule has 3 rings (SSSR count). The first-order valence-electron chi connectivity index (χ1n) is 7.84. The number of rotatable bonds is 5. The fraction of sp³-hybridized carbons (Fsp3) is 0.647. The van der Waals surface area contributed by atoms with Crippen LogP contribution in [0.4, 0.5) is 4.39 Å². The maximum Gasteiger partial charge on any atom is 0.124 e. The normalized spacial score (nSPS) is 29.9.